The number of fused-ring (bicyclic) bond motifs is 1. The molecule has 0 spiro atoms. The van der Waals surface area contributed by atoms with Crippen molar-refractivity contribution in [2.24, 2.45) is 0 Å². The van der Waals surface area contributed by atoms with Gasteiger partial charge in [-0.25, -0.2) is 0 Å². The summed E-state index contributed by atoms with van der Waals surface area (Å²) in [7, 11) is 1.63. The number of hydrogen-bond donors (Lipinski definition) is 0. The Kier molecular flexibility index (Phi) is 4.04. The van der Waals surface area contributed by atoms with Gasteiger partial charge in [-0.3, -0.25) is 4.79 Å². The topological polar surface area (TPSA) is 31.2 Å². The SMILES string of the molecule is COCn1c(C#Cc2ccccc2)c(C=O)c2ccccc21. The number of nitrogens with zero attached hydrogens (tertiary/aromatic N) is 1. The molecule has 1 heterocycles. The van der Waals surface area contributed by atoms with Crippen LogP contribution in [0.5, 0.6) is 0 Å². The van der Waals surface area contributed by atoms with Crippen LogP contribution in [0.3, 0.4) is 0 Å². The van der Waals surface area contributed by atoms with Crippen molar-refractivity contribution in [3.63, 3.8) is 0 Å². The van der Waals surface area contributed by atoms with E-state index in [1.807, 2.05) is 59.2 Å². The summed E-state index contributed by atoms with van der Waals surface area (Å²) < 4.78 is 7.19. The van der Waals surface area contributed by atoms with E-state index < -0.39 is 0 Å². The Morgan fingerprint density at radius 1 is 1.05 bits per heavy atom. The van der Waals surface area contributed by atoms with E-state index in [4.69, 9.17) is 4.74 Å². The van der Waals surface area contributed by atoms with Crippen LogP contribution in [0, 0.1) is 11.8 Å². The second-order valence-electron chi connectivity index (χ2n) is 4.86. The first-order valence-corrected chi connectivity index (χ1v) is 6.97. The van der Waals surface area contributed by atoms with Gasteiger partial charge in [-0.05, 0) is 24.1 Å². The number of rotatable bonds is 3. The van der Waals surface area contributed by atoms with Gasteiger partial charge in [-0.2, -0.15) is 0 Å². The first kappa shape index (κ1) is 14.1. The van der Waals surface area contributed by atoms with Crippen molar-refractivity contribution in [2.75, 3.05) is 7.11 Å². The number of para-hydroxylation sites is 1. The van der Waals surface area contributed by atoms with Crippen LogP contribution in [0.15, 0.2) is 54.6 Å². The van der Waals surface area contributed by atoms with Crippen LogP contribution in [-0.2, 0) is 11.5 Å². The van der Waals surface area contributed by atoms with Gasteiger partial charge in [0.1, 0.15) is 12.4 Å². The van der Waals surface area contributed by atoms with Crippen LogP contribution in [0.4, 0.5) is 0 Å². The van der Waals surface area contributed by atoms with E-state index >= 15 is 0 Å². The van der Waals surface area contributed by atoms with Crippen LogP contribution in [0.25, 0.3) is 10.9 Å². The molecule has 0 amide bonds. The Labute approximate surface area is 129 Å². The summed E-state index contributed by atoms with van der Waals surface area (Å²) in [6, 6.07) is 17.5. The second-order valence-corrected chi connectivity index (χ2v) is 4.86. The third-order valence-corrected chi connectivity index (χ3v) is 3.49. The molecule has 0 atom stereocenters. The fraction of sp³-hybridized carbons (Fsp3) is 0.105. The Morgan fingerprint density at radius 2 is 1.77 bits per heavy atom. The van der Waals surface area contributed by atoms with Crippen LogP contribution < -0.4 is 0 Å². The number of aldehydes is 1. The minimum atomic E-state index is 0.354. The van der Waals surface area contributed by atoms with Crippen LogP contribution in [-0.4, -0.2) is 18.0 Å². The summed E-state index contributed by atoms with van der Waals surface area (Å²) in [4.78, 5) is 11.5. The lowest BCUT2D eigenvalue weighted by atomic mass is 10.1. The molecule has 3 heteroatoms. The van der Waals surface area contributed by atoms with Gasteiger partial charge in [0.15, 0.2) is 6.29 Å². The quantitative estimate of drug-likeness (QED) is 0.546. The van der Waals surface area contributed by atoms with Crippen LogP contribution in [0.1, 0.15) is 21.6 Å². The Morgan fingerprint density at radius 3 is 2.50 bits per heavy atom. The zero-order valence-corrected chi connectivity index (χ0v) is 12.2. The van der Waals surface area contributed by atoms with Gasteiger partial charge < -0.3 is 9.30 Å². The van der Waals surface area contributed by atoms with Crippen molar-refractivity contribution < 1.29 is 9.53 Å². The number of aromatic nitrogens is 1. The predicted octanol–water partition coefficient (Wildman–Crippen LogP) is 3.46. The van der Waals surface area contributed by atoms with Crippen molar-refractivity contribution in [3.8, 4) is 11.8 Å². The van der Waals surface area contributed by atoms with Crippen LogP contribution in [0.2, 0.25) is 0 Å². The molecule has 0 bridgehead atoms. The smallest absolute Gasteiger partial charge is 0.153 e. The monoisotopic (exact) mass is 289 g/mol. The molecule has 0 radical (unpaired) electrons. The molecule has 0 aliphatic carbocycles. The largest absolute Gasteiger partial charge is 0.364 e. The van der Waals surface area contributed by atoms with Gasteiger partial charge in [0.05, 0.1) is 11.1 Å². The molecule has 3 rings (SSSR count). The molecule has 2 aromatic carbocycles. The average molecular weight is 289 g/mol. The third kappa shape index (κ3) is 2.52. The number of hydrogen-bond acceptors (Lipinski definition) is 2. The highest BCUT2D eigenvalue weighted by Crippen LogP contribution is 2.24. The normalized spacial score (nSPS) is 10.2. The maximum Gasteiger partial charge on any atom is 0.153 e. The van der Waals surface area contributed by atoms with Gasteiger partial charge in [-0.1, -0.05) is 42.3 Å². The number of carbonyl (C=O) groups excluding carboxylic acids is 1. The molecule has 0 saturated heterocycles. The molecule has 3 nitrogen and oxygen atoms in total. The summed E-state index contributed by atoms with van der Waals surface area (Å²) in [5.41, 5.74) is 3.15. The molecular weight excluding hydrogens is 274 g/mol. The summed E-state index contributed by atoms with van der Waals surface area (Å²) in [6.45, 7) is 0.354. The first-order valence-electron chi connectivity index (χ1n) is 6.97. The predicted molar refractivity (Wildman–Crippen MR) is 86.8 cm³/mol. The summed E-state index contributed by atoms with van der Waals surface area (Å²) in [5.74, 6) is 6.24. The highest BCUT2D eigenvalue weighted by Gasteiger charge is 2.14. The molecule has 3 aromatic rings. The van der Waals surface area contributed by atoms with Gasteiger partial charge in [0, 0.05) is 18.1 Å². The van der Waals surface area contributed by atoms with Gasteiger partial charge in [-0.15, -0.1) is 0 Å². The Hall–Kier alpha value is -2.83. The zero-order valence-electron chi connectivity index (χ0n) is 12.2. The Balaban J connectivity index is 2.21. The lowest BCUT2D eigenvalue weighted by molar-refractivity contribution is 0.112. The lowest BCUT2D eigenvalue weighted by Crippen LogP contribution is -2.03. The maximum absolute atomic E-state index is 11.5. The van der Waals surface area contributed by atoms with E-state index in [9.17, 15) is 4.79 Å². The van der Waals surface area contributed by atoms with Gasteiger partial charge >= 0.3 is 0 Å². The molecule has 0 fully saturated rings. The van der Waals surface area contributed by atoms with E-state index in [1.54, 1.807) is 7.11 Å². The van der Waals surface area contributed by atoms with E-state index in [-0.39, 0.29) is 0 Å². The minimum absolute atomic E-state index is 0.354. The van der Waals surface area contributed by atoms with Crippen molar-refractivity contribution in [3.05, 3.63) is 71.4 Å². The van der Waals surface area contributed by atoms with E-state index in [0.717, 1.165) is 22.8 Å². The Bertz CT molecular complexity index is 867. The number of benzene rings is 2. The van der Waals surface area contributed by atoms with Gasteiger partial charge in [0.2, 0.25) is 0 Å². The first-order chi connectivity index (χ1) is 10.8. The highest BCUT2D eigenvalue weighted by molar-refractivity contribution is 6.00. The molecule has 0 saturated carbocycles. The summed E-state index contributed by atoms with van der Waals surface area (Å²) >= 11 is 0. The standard InChI is InChI=1S/C19H15NO2/c1-22-14-20-18-10-6-5-9-16(18)17(13-21)19(20)12-11-15-7-3-2-4-8-15/h2-10,13H,14H2,1H3. The van der Waals surface area contributed by atoms with Crippen molar-refractivity contribution in [2.45, 2.75) is 6.73 Å². The van der Waals surface area contributed by atoms with Crippen molar-refractivity contribution in [1.29, 1.82) is 0 Å². The number of methoxy groups -OCH3 is 1. The maximum atomic E-state index is 11.5. The van der Waals surface area contributed by atoms with Crippen LogP contribution >= 0.6 is 0 Å². The summed E-state index contributed by atoms with van der Waals surface area (Å²) in [5, 5.41) is 0.895. The highest BCUT2D eigenvalue weighted by atomic mass is 16.5. The molecule has 22 heavy (non-hydrogen) atoms. The number of carbonyl (C=O) groups is 1. The molecule has 0 aliphatic rings. The second kappa shape index (κ2) is 6.30. The average Bonchev–Trinajstić information content (AvgIpc) is 2.87. The third-order valence-electron chi connectivity index (χ3n) is 3.49. The molecule has 0 N–H and O–H groups in total. The number of ether oxygens (including phenoxy) is 1. The molecule has 108 valence electrons. The summed E-state index contributed by atoms with van der Waals surface area (Å²) in [6.07, 6.45) is 0.865. The minimum Gasteiger partial charge on any atom is -0.364 e. The fourth-order valence-corrected chi connectivity index (χ4v) is 2.50. The fourth-order valence-electron chi connectivity index (χ4n) is 2.50. The van der Waals surface area contributed by atoms with Crippen molar-refractivity contribution in [1.82, 2.24) is 4.57 Å². The molecule has 0 aliphatic heterocycles. The molecule has 1 aromatic heterocycles. The van der Waals surface area contributed by atoms with E-state index in [2.05, 4.69) is 11.8 Å². The van der Waals surface area contributed by atoms with Gasteiger partial charge in [0.25, 0.3) is 0 Å². The van der Waals surface area contributed by atoms with E-state index in [1.165, 1.54) is 0 Å². The van der Waals surface area contributed by atoms with Crippen molar-refractivity contribution >= 4 is 17.2 Å². The zero-order chi connectivity index (χ0) is 15.4. The molecular formula is C19H15NO2. The van der Waals surface area contributed by atoms with E-state index in [0.29, 0.717) is 18.0 Å². The lowest BCUT2D eigenvalue weighted by Gasteiger charge is -2.05. The molecule has 0 unspecified atom stereocenters.